The molecular weight excluding hydrogens is 665 g/mol. The van der Waals surface area contributed by atoms with Crippen LogP contribution in [0.3, 0.4) is 0 Å². The number of hydrogen-bond donors (Lipinski definition) is 0. The molecular formula is C41H82NO8P. The third kappa shape index (κ3) is 38.5. The van der Waals surface area contributed by atoms with E-state index in [-0.39, 0.29) is 36.6 Å². The zero-order chi connectivity index (χ0) is 37.9. The highest BCUT2D eigenvalue weighted by atomic mass is 31.2. The number of carbonyl (C=O) groups excluding carboxylic acids is 2. The van der Waals surface area contributed by atoms with Crippen molar-refractivity contribution in [1.29, 1.82) is 0 Å². The first-order chi connectivity index (χ1) is 24.5. The molecule has 0 aliphatic heterocycles. The molecule has 51 heavy (non-hydrogen) atoms. The zero-order valence-corrected chi connectivity index (χ0v) is 35.0. The van der Waals surface area contributed by atoms with E-state index in [0.717, 1.165) is 32.1 Å². The van der Waals surface area contributed by atoms with E-state index in [1.165, 1.54) is 141 Å². The summed E-state index contributed by atoms with van der Waals surface area (Å²) >= 11 is 0. The molecule has 0 saturated carbocycles. The van der Waals surface area contributed by atoms with Crippen molar-refractivity contribution in [2.24, 2.45) is 0 Å². The van der Waals surface area contributed by atoms with Crippen LogP contribution in [0.5, 0.6) is 0 Å². The van der Waals surface area contributed by atoms with Gasteiger partial charge in [0.2, 0.25) is 0 Å². The Bertz CT molecular complexity index is 850. The summed E-state index contributed by atoms with van der Waals surface area (Å²) in [4.78, 5) is 37.4. The summed E-state index contributed by atoms with van der Waals surface area (Å²) in [6, 6.07) is 0. The summed E-state index contributed by atoms with van der Waals surface area (Å²) in [5, 5.41) is 0. The fourth-order valence-electron chi connectivity index (χ4n) is 6.00. The van der Waals surface area contributed by atoms with Gasteiger partial charge in [0.05, 0.1) is 27.7 Å². The van der Waals surface area contributed by atoms with E-state index in [2.05, 4.69) is 13.8 Å². The van der Waals surface area contributed by atoms with Gasteiger partial charge in [-0.05, 0) is 12.8 Å². The van der Waals surface area contributed by atoms with Crippen molar-refractivity contribution in [3.8, 4) is 0 Å². The van der Waals surface area contributed by atoms with Gasteiger partial charge in [0.1, 0.15) is 6.61 Å². The molecule has 0 aromatic heterocycles. The summed E-state index contributed by atoms with van der Waals surface area (Å²) < 4.78 is 33.5. The molecule has 0 aromatic rings. The van der Waals surface area contributed by atoms with E-state index in [0.29, 0.717) is 6.42 Å². The van der Waals surface area contributed by atoms with Crippen molar-refractivity contribution < 1.29 is 42.1 Å². The third-order valence-corrected chi connectivity index (χ3v) is 10.1. The Morgan fingerprint density at radius 2 is 0.843 bits per heavy atom. The molecule has 0 amide bonds. The molecule has 0 N–H and O–H groups in total. The number of phosphoric acid groups is 1. The van der Waals surface area contributed by atoms with Crippen LogP contribution in [0.2, 0.25) is 0 Å². The van der Waals surface area contributed by atoms with Crippen LogP contribution in [0.4, 0.5) is 0 Å². The van der Waals surface area contributed by atoms with Crippen LogP contribution in [-0.4, -0.2) is 63.6 Å². The largest absolute Gasteiger partial charge is 0.756 e. The molecule has 2 unspecified atom stereocenters. The summed E-state index contributed by atoms with van der Waals surface area (Å²) in [6.07, 6.45) is 34.0. The Kier molecular flexibility index (Phi) is 34.1. The lowest BCUT2D eigenvalue weighted by atomic mass is 10.0. The molecule has 0 saturated heterocycles. The molecule has 0 aliphatic rings. The second kappa shape index (κ2) is 34.8. The van der Waals surface area contributed by atoms with Crippen LogP contribution in [-0.2, 0) is 32.7 Å². The molecule has 0 spiro atoms. The second-order valence-corrected chi connectivity index (χ2v) is 17.2. The average molecular weight is 748 g/mol. The maximum absolute atomic E-state index is 12.6. The molecule has 0 aliphatic carbocycles. The Morgan fingerprint density at radius 1 is 0.510 bits per heavy atom. The van der Waals surface area contributed by atoms with Crippen molar-refractivity contribution in [2.75, 3.05) is 41.1 Å². The number of rotatable bonds is 39. The van der Waals surface area contributed by atoms with E-state index in [1.54, 1.807) is 21.1 Å². The van der Waals surface area contributed by atoms with Crippen LogP contribution in [0, 0.1) is 0 Å². The van der Waals surface area contributed by atoms with Gasteiger partial charge in [-0.15, -0.1) is 0 Å². The fraction of sp³-hybridized carbons (Fsp3) is 0.951. The normalized spacial score (nSPS) is 13.6. The number of phosphoric ester groups is 1. The fourth-order valence-corrected chi connectivity index (χ4v) is 6.91. The molecule has 0 aromatic carbocycles. The van der Waals surface area contributed by atoms with Gasteiger partial charge in [-0.25, -0.2) is 0 Å². The number of hydrogen-bond acceptors (Lipinski definition) is 8. The first-order valence-corrected chi connectivity index (χ1v) is 22.7. The second-order valence-electron chi connectivity index (χ2n) is 15.8. The van der Waals surface area contributed by atoms with Gasteiger partial charge in [-0.3, -0.25) is 18.7 Å². The summed E-state index contributed by atoms with van der Waals surface area (Å²) in [5.74, 6) is -0.827. The van der Waals surface area contributed by atoms with E-state index < -0.39 is 26.5 Å². The van der Waals surface area contributed by atoms with Gasteiger partial charge < -0.3 is 23.4 Å². The van der Waals surface area contributed by atoms with E-state index in [1.807, 2.05) is 0 Å². The minimum Gasteiger partial charge on any atom is -0.756 e. The lowest BCUT2D eigenvalue weighted by Gasteiger charge is -2.29. The predicted octanol–water partition coefficient (Wildman–Crippen LogP) is 11.3. The van der Waals surface area contributed by atoms with Crippen molar-refractivity contribution >= 4 is 19.8 Å². The van der Waals surface area contributed by atoms with Crippen molar-refractivity contribution in [1.82, 2.24) is 0 Å². The van der Waals surface area contributed by atoms with E-state index >= 15 is 0 Å². The number of esters is 2. The number of unbranched alkanes of at least 4 members (excludes halogenated alkanes) is 26. The molecule has 0 rings (SSSR count). The van der Waals surface area contributed by atoms with Crippen molar-refractivity contribution in [3.05, 3.63) is 0 Å². The first kappa shape index (κ1) is 50.0. The molecule has 304 valence electrons. The van der Waals surface area contributed by atoms with Gasteiger partial charge in [0, 0.05) is 12.8 Å². The minimum atomic E-state index is -4.63. The van der Waals surface area contributed by atoms with E-state index in [4.69, 9.17) is 18.5 Å². The Hall–Kier alpha value is -0.990. The SMILES string of the molecule is CCCCCCCCCCCCCCCCCC(=O)OC(COC(=O)CCCCCCCCCCCCCCC)COP(=O)([O-])OC[N+](C)(C)C. The van der Waals surface area contributed by atoms with Gasteiger partial charge in [-0.2, -0.15) is 0 Å². The Morgan fingerprint density at radius 3 is 1.20 bits per heavy atom. The molecule has 10 heteroatoms. The molecule has 0 radical (unpaired) electrons. The molecule has 2 atom stereocenters. The van der Waals surface area contributed by atoms with Crippen molar-refractivity contribution in [3.63, 3.8) is 0 Å². The molecule has 0 bridgehead atoms. The van der Waals surface area contributed by atoms with Crippen LogP contribution in [0.25, 0.3) is 0 Å². The number of ether oxygens (including phenoxy) is 2. The zero-order valence-electron chi connectivity index (χ0n) is 34.1. The molecule has 0 heterocycles. The van der Waals surface area contributed by atoms with Gasteiger partial charge in [-0.1, -0.05) is 181 Å². The van der Waals surface area contributed by atoms with Crippen LogP contribution in [0.15, 0.2) is 0 Å². The highest BCUT2D eigenvalue weighted by molar-refractivity contribution is 7.45. The van der Waals surface area contributed by atoms with Crippen LogP contribution in [0.1, 0.15) is 206 Å². The standard InChI is InChI=1S/C41H82NO8P/c1-6-8-10-12-14-16-18-20-21-23-25-27-29-31-33-35-41(44)50-39(37-48-51(45,46)49-38-42(3,4)5)36-47-40(43)34-32-30-28-26-24-22-19-17-15-13-11-9-7-2/h39H,6-38H2,1-5H3. The predicted molar refractivity (Wildman–Crippen MR) is 208 cm³/mol. The topological polar surface area (TPSA) is 111 Å². The molecule has 9 nitrogen and oxygen atoms in total. The molecule has 0 fully saturated rings. The number of quaternary nitrogens is 1. The van der Waals surface area contributed by atoms with Gasteiger partial charge >= 0.3 is 11.9 Å². The quantitative estimate of drug-likeness (QED) is 0.0201. The lowest BCUT2D eigenvalue weighted by Crippen LogP contribution is -2.37. The maximum atomic E-state index is 12.6. The third-order valence-electron chi connectivity index (χ3n) is 9.22. The van der Waals surface area contributed by atoms with Gasteiger partial charge in [0.15, 0.2) is 12.8 Å². The summed E-state index contributed by atoms with van der Waals surface area (Å²) in [5.41, 5.74) is 0. The minimum absolute atomic E-state index is 0.0987. The summed E-state index contributed by atoms with van der Waals surface area (Å²) in [7, 11) is 0.744. The monoisotopic (exact) mass is 748 g/mol. The lowest BCUT2D eigenvalue weighted by molar-refractivity contribution is -0.887. The van der Waals surface area contributed by atoms with Gasteiger partial charge in [0.25, 0.3) is 7.82 Å². The highest BCUT2D eigenvalue weighted by Gasteiger charge is 2.22. The van der Waals surface area contributed by atoms with Crippen LogP contribution < -0.4 is 4.89 Å². The smallest absolute Gasteiger partial charge is 0.306 e. The summed E-state index contributed by atoms with van der Waals surface area (Å²) in [6.45, 7) is 3.69. The highest BCUT2D eigenvalue weighted by Crippen LogP contribution is 2.38. The number of nitrogens with zero attached hydrogens (tertiary/aromatic N) is 1. The average Bonchev–Trinajstić information content (AvgIpc) is 3.08. The maximum Gasteiger partial charge on any atom is 0.306 e. The Labute approximate surface area is 314 Å². The number of carbonyl (C=O) groups is 2. The first-order valence-electron chi connectivity index (χ1n) is 21.2. The van der Waals surface area contributed by atoms with Crippen molar-refractivity contribution in [2.45, 2.75) is 213 Å². The van der Waals surface area contributed by atoms with E-state index in [9.17, 15) is 19.0 Å². The Balaban J connectivity index is 4.29. The van der Waals surface area contributed by atoms with Crippen LogP contribution >= 0.6 is 7.82 Å².